The lowest BCUT2D eigenvalue weighted by atomic mass is 9.82. The van der Waals surface area contributed by atoms with E-state index in [0.29, 0.717) is 19.0 Å². The smallest absolute Gasteiger partial charge is 0.251 e. The summed E-state index contributed by atoms with van der Waals surface area (Å²) in [6.07, 6.45) is 6.29. The number of aromatic nitrogens is 3. The molecule has 2 fully saturated rings. The van der Waals surface area contributed by atoms with Crippen molar-refractivity contribution in [2.24, 2.45) is 5.92 Å². The molecule has 0 unspecified atom stereocenters. The van der Waals surface area contributed by atoms with Crippen LogP contribution in [-0.2, 0) is 11.3 Å². The minimum atomic E-state index is 0.0293. The van der Waals surface area contributed by atoms with Gasteiger partial charge in [0.15, 0.2) is 0 Å². The van der Waals surface area contributed by atoms with Crippen molar-refractivity contribution >= 4 is 11.7 Å². The molecule has 0 aliphatic carbocycles. The standard InChI is InChI=1S/C22H27N5O2/c1-15(28)26-11-16-7-18(13-26)20-8-17(9-22(29)27(20)12-16)19-10-21(24-14-23-19)25-5-3-2-4-6-25/h8-10,14,16,18H,2-7,11-13H2,1H3/t16-,18+/m0/s1. The van der Waals surface area contributed by atoms with Gasteiger partial charge in [0, 0.05) is 69.0 Å². The number of carbonyl (C=O) groups is 1. The van der Waals surface area contributed by atoms with Crippen LogP contribution in [0.5, 0.6) is 0 Å². The predicted molar refractivity (Wildman–Crippen MR) is 111 cm³/mol. The molecule has 0 radical (unpaired) electrons. The van der Waals surface area contributed by atoms with E-state index in [9.17, 15) is 9.59 Å². The van der Waals surface area contributed by atoms with Crippen LogP contribution < -0.4 is 10.5 Å². The van der Waals surface area contributed by atoms with E-state index in [1.807, 2.05) is 15.5 Å². The van der Waals surface area contributed by atoms with Crippen molar-refractivity contribution in [3.8, 4) is 11.3 Å². The molecule has 2 aromatic heterocycles. The summed E-state index contributed by atoms with van der Waals surface area (Å²) in [6.45, 7) is 5.81. The minimum Gasteiger partial charge on any atom is -0.357 e. The first-order chi connectivity index (χ1) is 14.1. The van der Waals surface area contributed by atoms with Crippen LogP contribution in [0.15, 0.2) is 29.3 Å². The highest BCUT2D eigenvalue weighted by molar-refractivity contribution is 5.73. The van der Waals surface area contributed by atoms with Crippen LogP contribution in [0.1, 0.15) is 44.2 Å². The Kier molecular flexibility index (Phi) is 4.60. The van der Waals surface area contributed by atoms with Gasteiger partial charge in [-0.05, 0) is 37.7 Å². The molecule has 0 spiro atoms. The second-order valence-electron chi connectivity index (χ2n) is 8.65. The number of pyridine rings is 1. The highest BCUT2D eigenvalue weighted by Gasteiger charge is 2.35. The third-order valence-corrected chi connectivity index (χ3v) is 6.63. The molecule has 1 amide bonds. The van der Waals surface area contributed by atoms with E-state index < -0.39 is 0 Å². The van der Waals surface area contributed by atoms with Crippen LogP contribution in [0.2, 0.25) is 0 Å². The Labute approximate surface area is 170 Å². The first-order valence-corrected chi connectivity index (χ1v) is 10.7. The highest BCUT2D eigenvalue weighted by Crippen LogP contribution is 2.36. The molecular formula is C22H27N5O2. The van der Waals surface area contributed by atoms with Crippen molar-refractivity contribution in [3.05, 3.63) is 40.6 Å². The maximum atomic E-state index is 12.9. The van der Waals surface area contributed by atoms with Crippen LogP contribution in [0.3, 0.4) is 0 Å². The molecule has 0 aromatic carbocycles. The average molecular weight is 393 g/mol. The molecule has 2 bridgehead atoms. The topological polar surface area (TPSA) is 71.3 Å². The SMILES string of the molecule is CC(=O)N1C[C@@H]2C[C@H](C1)c1cc(-c3cc(N4CCCCC4)ncn3)cc(=O)n1C2. The first-order valence-electron chi connectivity index (χ1n) is 10.7. The summed E-state index contributed by atoms with van der Waals surface area (Å²) in [6, 6.07) is 5.81. The fraction of sp³-hybridized carbons (Fsp3) is 0.545. The average Bonchev–Trinajstić information content (AvgIpc) is 2.75. The summed E-state index contributed by atoms with van der Waals surface area (Å²) in [4.78, 5) is 38.0. The van der Waals surface area contributed by atoms with E-state index in [1.54, 1.807) is 19.3 Å². The molecule has 2 atom stereocenters. The molecule has 7 nitrogen and oxygen atoms in total. The molecule has 3 aliphatic heterocycles. The Balaban J connectivity index is 1.50. The minimum absolute atomic E-state index is 0.0293. The van der Waals surface area contributed by atoms with Crippen molar-refractivity contribution in [3.63, 3.8) is 0 Å². The van der Waals surface area contributed by atoms with E-state index in [-0.39, 0.29) is 17.4 Å². The van der Waals surface area contributed by atoms with E-state index in [0.717, 1.165) is 48.8 Å². The van der Waals surface area contributed by atoms with Crippen molar-refractivity contribution in [2.75, 3.05) is 31.1 Å². The molecule has 29 heavy (non-hydrogen) atoms. The zero-order chi connectivity index (χ0) is 20.0. The number of hydrogen-bond acceptors (Lipinski definition) is 5. The Morgan fingerprint density at radius 2 is 1.86 bits per heavy atom. The Bertz CT molecular complexity index is 995. The van der Waals surface area contributed by atoms with E-state index in [1.165, 1.54) is 19.3 Å². The van der Waals surface area contributed by atoms with Crippen LogP contribution >= 0.6 is 0 Å². The first kappa shape index (κ1) is 18.3. The molecule has 0 N–H and O–H groups in total. The summed E-state index contributed by atoms with van der Waals surface area (Å²) in [5, 5.41) is 0. The number of nitrogens with zero attached hydrogens (tertiary/aromatic N) is 5. The number of amides is 1. The molecular weight excluding hydrogens is 366 g/mol. The van der Waals surface area contributed by atoms with Gasteiger partial charge in [-0.25, -0.2) is 9.97 Å². The van der Waals surface area contributed by atoms with E-state index in [4.69, 9.17) is 0 Å². The van der Waals surface area contributed by atoms with Crippen LogP contribution in [0, 0.1) is 5.92 Å². The third kappa shape index (κ3) is 3.43. The molecule has 5 rings (SSSR count). The van der Waals surface area contributed by atoms with Crippen LogP contribution in [-0.4, -0.2) is 51.5 Å². The van der Waals surface area contributed by atoms with Crippen molar-refractivity contribution in [2.45, 2.75) is 45.1 Å². The highest BCUT2D eigenvalue weighted by atomic mass is 16.2. The van der Waals surface area contributed by atoms with Gasteiger partial charge in [0.2, 0.25) is 5.91 Å². The second-order valence-corrected chi connectivity index (χ2v) is 8.65. The molecule has 2 saturated heterocycles. The van der Waals surface area contributed by atoms with Gasteiger partial charge in [-0.3, -0.25) is 9.59 Å². The number of rotatable bonds is 2. The van der Waals surface area contributed by atoms with E-state index in [2.05, 4.69) is 20.9 Å². The summed E-state index contributed by atoms with van der Waals surface area (Å²) in [7, 11) is 0. The predicted octanol–water partition coefficient (Wildman–Crippen LogP) is 2.26. The molecule has 7 heteroatoms. The zero-order valence-corrected chi connectivity index (χ0v) is 16.9. The van der Waals surface area contributed by atoms with Crippen molar-refractivity contribution in [1.82, 2.24) is 19.4 Å². The Hall–Kier alpha value is -2.70. The van der Waals surface area contributed by atoms with Gasteiger partial charge in [-0.1, -0.05) is 0 Å². The Morgan fingerprint density at radius 1 is 1.03 bits per heavy atom. The maximum Gasteiger partial charge on any atom is 0.251 e. The van der Waals surface area contributed by atoms with Crippen LogP contribution in [0.25, 0.3) is 11.3 Å². The Morgan fingerprint density at radius 3 is 2.66 bits per heavy atom. The number of piperidine rings is 2. The van der Waals surface area contributed by atoms with Gasteiger partial charge in [-0.2, -0.15) is 0 Å². The quantitative estimate of drug-likeness (QED) is 0.783. The number of hydrogen-bond donors (Lipinski definition) is 0. The van der Waals surface area contributed by atoms with E-state index >= 15 is 0 Å². The molecule has 0 saturated carbocycles. The molecule has 5 heterocycles. The largest absolute Gasteiger partial charge is 0.357 e. The van der Waals surface area contributed by atoms with Crippen molar-refractivity contribution in [1.29, 1.82) is 0 Å². The molecule has 2 aromatic rings. The van der Waals surface area contributed by atoms with Crippen LogP contribution in [0.4, 0.5) is 5.82 Å². The molecule has 3 aliphatic rings. The summed E-state index contributed by atoms with van der Waals surface area (Å²) >= 11 is 0. The zero-order valence-electron chi connectivity index (χ0n) is 16.9. The lowest BCUT2D eigenvalue weighted by molar-refractivity contribution is -0.131. The number of likely N-dealkylation sites (tertiary alicyclic amines) is 1. The fourth-order valence-corrected chi connectivity index (χ4v) is 5.16. The monoisotopic (exact) mass is 393 g/mol. The fourth-order valence-electron chi connectivity index (χ4n) is 5.16. The summed E-state index contributed by atoms with van der Waals surface area (Å²) in [5.74, 6) is 1.63. The maximum absolute atomic E-state index is 12.9. The normalized spacial score (nSPS) is 23.6. The summed E-state index contributed by atoms with van der Waals surface area (Å²) < 4.78 is 1.91. The summed E-state index contributed by atoms with van der Waals surface area (Å²) in [5.41, 5.74) is 2.71. The number of carbonyl (C=O) groups excluding carboxylic acids is 1. The number of fused-ring (bicyclic) bond motifs is 4. The van der Waals surface area contributed by atoms with Gasteiger partial charge in [0.05, 0.1) is 5.69 Å². The van der Waals surface area contributed by atoms with Gasteiger partial charge in [0.25, 0.3) is 5.56 Å². The van der Waals surface area contributed by atoms with Gasteiger partial charge >= 0.3 is 0 Å². The lowest BCUT2D eigenvalue weighted by Gasteiger charge is -2.42. The molecule has 152 valence electrons. The number of anilines is 1. The lowest BCUT2D eigenvalue weighted by Crippen LogP contribution is -2.48. The third-order valence-electron chi connectivity index (χ3n) is 6.63. The van der Waals surface area contributed by atoms with Gasteiger partial charge in [0.1, 0.15) is 12.1 Å². The van der Waals surface area contributed by atoms with Gasteiger partial charge in [-0.15, -0.1) is 0 Å². The second kappa shape index (κ2) is 7.28. The van der Waals surface area contributed by atoms with Crippen molar-refractivity contribution < 1.29 is 4.79 Å². The van der Waals surface area contributed by atoms with Gasteiger partial charge < -0.3 is 14.4 Å².